The first-order chi connectivity index (χ1) is 10.4. The summed E-state index contributed by atoms with van der Waals surface area (Å²) in [5, 5.41) is 0. The molecule has 22 heavy (non-hydrogen) atoms. The second-order valence-corrected chi connectivity index (χ2v) is 5.46. The molecule has 2 aromatic carbocycles. The predicted octanol–water partition coefficient (Wildman–Crippen LogP) is 3.78. The monoisotopic (exact) mass is 305 g/mol. The molecule has 0 aromatic heterocycles. The van der Waals surface area contributed by atoms with E-state index in [4.69, 9.17) is 5.73 Å². The summed E-state index contributed by atoms with van der Waals surface area (Å²) in [6.45, 7) is 0. The number of aryl methyl sites for hydroxylation is 1. The number of nitrogens with two attached hydrogens (primary N) is 1. The van der Waals surface area contributed by atoms with E-state index >= 15 is 0 Å². The fraction of sp³-hybridized carbons (Fsp3) is 0.235. The molecule has 0 spiro atoms. The lowest BCUT2D eigenvalue weighted by Gasteiger charge is -2.11. The molecule has 1 aliphatic rings. The lowest BCUT2D eigenvalue weighted by Crippen LogP contribution is -2.20. The zero-order valence-corrected chi connectivity index (χ0v) is 11.7. The third kappa shape index (κ3) is 2.58. The van der Waals surface area contributed by atoms with Gasteiger partial charge in [-0.2, -0.15) is 13.2 Å². The number of primary amides is 1. The van der Waals surface area contributed by atoms with Crippen molar-refractivity contribution in [3.8, 4) is 11.1 Å². The molecule has 0 saturated carbocycles. The summed E-state index contributed by atoms with van der Waals surface area (Å²) in [5.74, 6) is -1.07. The van der Waals surface area contributed by atoms with Gasteiger partial charge in [0.15, 0.2) is 0 Å². The van der Waals surface area contributed by atoms with Gasteiger partial charge in [-0.1, -0.05) is 42.5 Å². The number of halogens is 3. The van der Waals surface area contributed by atoms with E-state index in [9.17, 15) is 18.0 Å². The van der Waals surface area contributed by atoms with Crippen molar-refractivity contribution in [3.63, 3.8) is 0 Å². The van der Waals surface area contributed by atoms with Crippen molar-refractivity contribution < 1.29 is 18.0 Å². The number of amides is 1. The van der Waals surface area contributed by atoms with Crippen molar-refractivity contribution >= 4 is 5.91 Å². The van der Waals surface area contributed by atoms with Gasteiger partial charge < -0.3 is 5.73 Å². The second kappa shape index (κ2) is 5.16. The summed E-state index contributed by atoms with van der Waals surface area (Å²) < 4.78 is 37.1. The average Bonchev–Trinajstić information content (AvgIpc) is 2.78. The largest absolute Gasteiger partial charge is 0.389 e. The van der Waals surface area contributed by atoms with Gasteiger partial charge in [-0.3, -0.25) is 4.79 Å². The molecule has 0 bridgehead atoms. The van der Waals surface area contributed by atoms with Crippen LogP contribution in [-0.2, 0) is 11.2 Å². The molecule has 2 aromatic rings. The highest BCUT2D eigenvalue weighted by molar-refractivity contribution is 5.95. The number of rotatable bonds is 3. The quantitative estimate of drug-likeness (QED) is 0.921. The maximum Gasteiger partial charge on any atom is 0.389 e. The summed E-state index contributed by atoms with van der Waals surface area (Å²) in [6, 6.07) is 12.6. The van der Waals surface area contributed by atoms with Crippen LogP contribution in [-0.4, -0.2) is 12.1 Å². The van der Waals surface area contributed by atoms with Crippen molar-refractivity contribution in [2.45, 2.75) is 24.9 Å². The smallest absolute Gasteiger partial charge is 0.369 e. The third-order valence-corrected chi connectivity index (χ3v) is 3.97. The van der Waals surface area contributed by atoms with E-state index < -0.39 is 24.4 Å². The van der Waals surface area contributed by atoms with Gasteiger partial charge >= 0.3 is 6.18 Å². The van der Waals surface area contributed by atoms with Gasteiger partial charge in [-0.05, 0) is 34.2 Å². The molecule has 2 N–H and O–H groups in total. The van der Waals surface area contributed by atoms with Crippen LogP contribution in [0.4, 0.5) is 13.2 Å². The van der Waals surface area contributed by atoms with Gasteiger partial charge in [-0.15, -0.1) is 0 Å². The Morgan fingerprint density at radius 3 is 2.41 bits per heavy atom. The normalized spacial score (nSPS) is 16.2. The lowest BCUT2D eigenvalue weighted by atomic mass is 9.94. The molecule has 114 valence electrons. The Labute approximate surface area is 125 Å². The minimum absolute atomic E-state index is 0.0986. The molecule has 0 radical (unpaired) electrons. The van der Waals surface area contributed by atoms with Crippen LogP contribution in [0.15, 0.2) is 42.5 Å². The van der Waals surface area contributed by atoms with E-state index in [2.05, 4.69) is 0 Å². The van der Waals surface area contributed by atoms with E-state index in [1.807, 2.05) is 24.3 Å². The van der Waals surface area contributed by atoms with E-state index in [1.54, 1.807) is 18.2 Å². The van der Waals surface area contributed by atoms with Crippen LogP contribution in [0.25, 0.3) is 11.1 Å². The van der Waals surface area contributed by atoms with Crippen molar-refractivity contribution in [2.24, 2.45) is 5.73 Å². The van der Waals surface area contributed by atoms with Crippen molar-refractivity contribution in [2.75, 3.05) is 0 Å². The van der Waals surface area contributed by atoms with Gasteiger partial charge in [0.05, 0.1) is 5.92 Å². The second-order valence-electron chi connectivity index (χ2n) is 5.46. The highest BCUT2D eigenvalue weighted by atomic mass is 19.4. The Morgan fingerprint density at radius 1 is 1.05 bits per heavy atom. The van der Waals surface area contributed by atoms with Gasteiger partial charge in [0.1, 0.15) is 0 Å². The molecule has 1 unspecified atom stereocenters. The molecule has 0 heterocycles. The molecule has 5 heteroatoms. The van der Waals surface area contributed by atoms with Gasteiger partial charge in [0.2, 0.25) is 5.91 Å². The Balaban J connectivity index is 2.01. The highest BCUT2D eigenvalue weighted by Gasteiger charge is 2.33. The molecular weight excluding hydrogens is 291 g/mol. The van der Waals surface area contributed by atoms with Crippen molar-refractivity contribution in [1.82, 2.24) is 0 Å². The number of alkyl halides is 3. The number of carbonyl (C=O) groups is 1. The van der Waals surface area contributed by atoms with Crippen LogP contribution in [0.1, 0.15) is 29.0 Å². The number of hydrogen-bond acceptors (Lipinski definition) is 1. The number of hydrogen-bond donors (Lipinski definition) is 1. The summed E-state index contributed by atoms with van der Waals surface area (Å²) >= 11 is 0. The first kappa shape index (κ1) is 14.6. The third-order valence-electron chi connectivity index (χ3n) is 3.97. The van der Waals surface area contributed by atoms with Crippen LogP contribution in [0.2, 0.25) is 0 Å². The lowest BCUT2D eigenvalue weighted by molar-refractivity contribution is -0.134. The summed E-state index contributed by atoms with van der Waals surface area (Å²) in [7, 11) is 0. The average molecular weight is 305 g/mol. The number of carbonyl (C=O) groups excluding carboxylic acids is 1. The Hall–Kier alpha value is -2.30. The molecule has 0 saturated heterocycles. The maximum absolute atomic E-state index is 12.4. The Kier molecular flexibility index (Phi) is 3.43. The molecule has 1 amide bonds. The number of fused-ring (bicyclic) bond motifs is 3. The van der Waals surface area contributed by atoms with E-state index in [1.165, 1.54) is 0 Å². The van der Waals surface area contributed by atoms with Crippen LogP contribution < -0.4 is 5.73 Å². The zero-order valence-electron chi connectivity index (χ0n) is 11.7. The van der Waals surface area contributed by atoms with Crippen LogP contribution in [0.5, 0.6) is 0 Å². The van der Waals surface area contributed by atoms with Crippen LogP contribution in [0, 0.1) is 0 Å². The SMILES string of the molecule is NC(=O)C1c2ccccc2-c2ccc(CCC(F)(F)F)cc21. The minimum atomic E-state index is -4.19. The summed E-state index contributed by atoms with van der Waals surface area (Å²) in [6.07, 6.45) is -5.16. The molecular formula is C17H14F3NO. The fourth-order valence-electron chi connectivity index (χ4n) is 3.01. The highest BCUT2D eigenvalue weighted by Crippen LogP contribution is 2.45. The first-order valence-corrected chi connectivity index (χ1v) is 6.95. The predicted molar refractivity (Wildman–Crippen MR) is 77.3 cm³/mol. The van der Waals surface area contributed by atoms with E-state index in [-0.39, 0.29) is 6.42 Å². The molecule has 0 fully saturated rings. The van der Waals surface area contributed by atoms with Gasteiger partial charge in [0, 0.05) is 6.42 Å². The molecule has 1 atom stereocenters. The minimum Gasteiger partial charge on any atom is -0.369 e. The van der Waals surface area contributed by atoms with Gasteiger partial charge in [0.25, 0.3) is 0 Å². The maximum atomic E-state index is 12.4. The number of benzene rings is 2. The standard InChI is InChI=1S/C17H14F3NO/c18-17(19,20)8-7-10-5-6-12-11-3-1-2-4-13(11)15(16(21)22)14(12)9-10/h1-6,9,15H,7-8H2,(H2,21,22). The zero-order chi connectivity index (χ0) is 15.9. The Bertz CT molecular complexity index is 737. The topological polar surface area (TPSA) is 43.1 Å². The van der Waals surface area contributed by atoms with E-state index in [0.29, 0.717) is 11.1 Å². The van der Waals surface area contributed by atoms with Crippen LogP contribution >= 0.6 is 0 Å². The first-order valence-electron chi connectivity index (χ1n) is 6.95. The van der Waals surface area contributed by atoms with E-state index in [0.717, 1.165) is 16.7 Å². The fourth-order valence-corrected chi connectivity index (χ4v) is 3.01. The summed E-state index contributed by atoms with van der Waals surface area (Å²) in [5.41, 5.74) is 9.38. The van der Waals surface area contributed by atoms with Crippen molar-refractivity contribution in [3.05, 3.63) is 59.2 Å². The molecule has 2 nitrogen and oxygen atoms in total. The van der Waals surface area contributed by atoms with Crippen LogP contribution in [0.3, 0.4) is 0 Å². The van der Waals surface area contributed by atoms with Gasteiger partial charge in [-0.25, -0.2) is 0 Å². The molecule has 1 aliphatic carbocycles. The summed E-state index contributed by atoms with van der Waals surface area (Å²) in [4.78, 5) is 11.8. The molecule has 3 rings (SSSR count). The van der Waals surface area contributed by atoms with Crippen molar-refractivity contribution in [1.29, 1.82) is 0 Å². The molecule has 0 aliphatic heterocycles. The Morgan fingerprint density at radius 2 is 1.73 bits per heavy atom.